The molecule has 0 radical (unpaired) electrons. The van der Waals surface area contributed by atoms with Gasteiger partial charge in [-0.25, -0.2) is 0 Å². The molecule has 2 rings (SSSR count). The molecule has 0 aliphatic carbocycles. The Morgan fingerprint density at radius 1 is 1.24 bits per heavy atom. The van der Waals surface area contributed by atoms with Gasteiger partial charge in [-0.3, -0.25) is 9.89 Å². The van der Waals surface area contributed by atoms with E-state index in [0.717, 1.165) is 25.6 Å². The third kappa shape index (κ3) is 5.27. The lowest BCUT2D eigenvalue weighted by atomic mass is 9.93. The van der Waals surface area contributed by atoms with E-state index in [4.69, 9.17) is 0 Å². The summed E-state index contributed by atoms with van der Waals surface area (Å²) in [5, 5.41) is 3.61. The lowest BCUT2D eigenvalue weighted by Crippen LogP contribution is -2.47. The Morgan fingerprint density at radius 3 is 2.38 bits per heavy atom. The molecule has 0 spiro atoms. The van der Waals surface area contributed by atoms with Gasteiger partial charge in [0.1, 0.15) is 0 Å². The predicted octanol–water partition coefficient (Wildman–Crippen LogP) is 2.79. The summed E-state index contributed by atoms with van der Waals surface area (Å²) in [7, 11) is 1.91. The quantitative estimate of drug-likeness (QED) is 0.441. The zero-order valence-corrected chi connectivity index (χ0v) is 16.5. The van der Waals surface area contributed by atoms with E-state index >= 15 is 0 Å². The van der Waals surface area contributed by atoms with E-state index in [-0.39, 0.29) is 24.0 Å². The molecule has 0 aromatic heterocycles. The average molecular weight is 408 g/mol. The minimum Gasteiger partial charge on any atom is -0.355 e. The molecule has 21 heavy (non-hydrogen) atoms. The molecule has 4 nitrogen and oxygen atoms in total. The number of rotatable bonds is 4. The molecule has 2 aliphatic rings. The summed E-state index contributed by atoms with van der Waals surface area (Å²) in [5.41, 5.74) is 0.427. The molecule has 5 heteroatoms. The van der Waals surface area contributed by atoms with Crippen molar-refractivity contribution in [3.05, 3.63) is 0 Å². The normalized spacial score (nSPS) is 24.0. The maximum atomic E-state index is 4.48. The van der Waals surface area contributed by atoms with Gasteiger partial charge in [0.15, 0.2) is 5.96 Å². The first-order valence-corrected chi connectivity index (χ1v) is 8.25. The summed E-state index contributed by atoms with van der Waals surface area (Å²) in [6.45, 7) is 12.8. The number of hydrogen-bond acceptors (Lipinski definition) is 2. The van der Waals surface area contributed by atoms with Crippen molar-refractivity contribution in [1.82, 2.24) is 15.1 Å². The number of nitrogens with zero attached hydrogens (tertiary/aromatic N) is 3. The summed E-state index contributed by atoms with van der Waals surface area (Å²) in [4.78, 5) is 9.53. The Kier molecular flexibility index (Phi) is 7.74. The van der Waals surface area contributed by atoms with E-state index in [1.54, 1.807) is 0 Å². The molecule has 0 aromatic carbocycles. The molecule has 1 atom stereocenters. The second-order valence-electron chi connectivity index (χ2n) is 7.07. The summed E-state index contributed by atoms with van der Waals surface area (Å²) >= 11 is 0. The SMILES string of the molecule is CCC(CNC(=NC)N1CCC(C)(C)C1)N1CCCC1.I. The van der Waals surface area contributed by atoms with E-state index in [1.165, 1.54) is 38.8 Å². The predicted molar refractivity (Wildman–Crippen MR) is 102 cm³/mol. The third-order valence-corrected chi connectivity index (χ3v) is 4.81. The first kappa shape index (κ1) is 19.0. The van der Waals surface area contributed by atoms with Crippen LogP contribution < -0.4 is 5.32 Å². The standard InChI is InChI=1S/C16H32N4.HI/c1-5-14(19-9-6-7-10-19)12-18-15(17-4)20-11-8-16(2,3)13-20;/h14H,5-13H2,1-4H3,(H,17,18);1H. The lowest BCUT2D eigenvalue weighted by molar-refractivity contribution is 0.234. The summed E-state index contributed by atoms with van der Waals surface area (Å²) in [6, 6.07) is 0.657. The molecule has 124 valence electrons. The Labute approximate surface area is 147 Å². The van der Waals surface area contributed by atoms with E-state index in [2.05, 4.69) is 40.9 Å². The smallest absolute Gasteiger partial charge is 0.193 e. The van der Waals surface area contributed by atoms with Gasteiger partial charge in [-0.2, -0.15) is 0 Å². The third-order valence-electron chi connectivity index (χ3n) is 4.81. The molecule has 2 heterocycles. The van der Waals surface area contributed by atoms with Gasteiger partial charge in [-0.15, -0.1) is 24.0 Å². The fourth-order valence-corrected chi connectivity index (χ4v) is 3.47. The van der Waals surface area contributed by atoms with E-state index in [9.17, 15) is 0 Å². The minimum atomic E-state index is 0. The minimum absolute atomic E-state index is 0. The summed E-state index contributed by atoms with van der Waals surface area (Å²) in [6.07, 6.45) is 5.21. The Morgan fingerprint density at radius 2 is 1.90 bits per heavy atom. The zero-order valence-electron chi connectivity index (χ0n) is 14.2. The second-order valence-corrected chi connectivity index (χ2v) is 7.07. The fourth-order valence-electron chi connectivity index (χ4n) is 3.47. The van der Waals surface area contributed by atoms with Crippen LogP contribution in [0.3, 0.4) is 0 Å². The van der Waals surface area contributed by atoms with Crippen molar-refractivity contribution in [2.45, 2.75) is 52.5 Å². The largest absolute Gasteiger partial charge is 0.355 e. The van der Waals surface area contributed by atoms with E-state index < -0.39 is 0 Å². The zero-order chi connectivity index (χ0) is 14.6. The van der Waals surface area contributed by atoms with Crippen LogP contribution in [0.1, 0.15) is 46.5 Å². The highest BCUT2D eigenvalue weighted by Crippen LogP contribution is 2.28. The van der Waals surface area contributed by atoms with Crippen LogP contribution in [0, 0.1) is 5.41 Å². The highest BCUT2D eigenvalue weighted by molar-refractivity contribution is 14.0. The van der Waals surface area contributed by atoms with Crippen LogP contribution in [0.15, 0.2) is 4.99 Å². The van der Waals surface area contributed by atoms with Gasteiger partial charge in [0.25, 0.3) is 0 Å². The molecular formula is C16H33IN4. The van der Waals surface area contributed by atoms with Crippen molar-refractivity contribution >= 4 is 29.9 Å². The number of halogens is 1. The topological polar surface area (TPSA) is 30.9 Å². The first-order chi connectivity index (χ1) is 9.55. The van der Waals surface area contributed by atoms with Crippen molar-refractivity contribution in [3.8, 4) is 0 Å². The van der Waals surface area contributed by atoms with Gasteiger partial charge >= 0.3 is 0 Å². The van der Waals surface area contributed by atoms with Gasteiger partial charge in [0.2, 0.25) is 0 Å². The van der Waals surface area contributed by atoms with Crippen molar-refractivity contribution in [1.29, 1.82) is 0 Å². The van der Waals surface area contributed by atoms with Crippen molar-refractivity contribution in [2.75, 3.05) is 39.8 Å². The van der Waals surface area contributed by atoms with Crippen LogP contribution in [0.4, 0.5) is 0 Å². The number of hydrogen-bond donors (Lipinski definition) is 1. The number of aliphatic imine (C=N–C) groups is 1. The van der Waals surface area contributed by atoms with E-state index in [1.807, 2.05) is 7.05 Å². The molecular weight excluding hydrogens is 375 g/mol. The molecule has 0 aromatic rings. The second kappa shape index (κ2) is 8.56. The average Bonchev–Trinajstić information content (AvgIpc) is 3.04. The summed E-state index contributed by atoms with van der Waals surface area (Å²) < 4.78 is 0. The highest BCUT2D eigenvalue weighted by atomic mass is 127. The monoisotopic (exact) mass is 408 g/mol. The Bertz CT molecular complexity index is 337. The van der Waals surface area contributed by atoms with Crippen molar-refractivity contribution in [3.63, 3.8) is 0 Å². The van der Waals surface area contributed by atoms with Gasteiger partial charge in [-0.1, -0.05) is 20.8 Å². The Hall–Kier alpha value is -0.0400. The maximum absolute atomic E-state index is 4.48. The van der Waals surface area contributed by atoms with Crippen LogP contribution in [-0.2, 0) is 0 Å². The molecule has 0 amide bonds. The molecule has 1 unspecified atom stereocenters. The fraction of sp³-hybridized carbons (Fsp3) is 0.938. The maximum Gasteiger partial charge on any atom is 0.193 e. The molecule has 0 saturated carbocycles. The van der Waals surface area contributed by atoms with Gasteiger partial charge in [-0.05, 0) is 44.2 Å². The van der Waals surface area contributed by atoms with Crippen molar-refractivity contribution in [2.24, 2.45) is 10.4 Å². The molecule has 2 aliphatic heterocycles. The van der Waals surface area contributed by atoms with Gasteiger partial charge in [0, 0.05) is 32.7 Å². The van der Waals surface area contributed by atoms with Gasteiger partial charge < -0.3 is 10.2 Å². The van der Waals surface area contributed by atoms with Crippen LogP contribution in [0.5, 0.6) is 0 Å². The Balaban J connectivity index is 0.00000220. The van der Waals surface area contributed by atoms with Crippen LogP contribution in [-0.4, -0.2) is 61.6 Å². The van der Waals surface area contributed by atoms with Gasteiger partial charge in [0.05, 0.1) is 0 Å². The number of nitrogens with one attached hydrogen (secondary N) is 1. The molecule has 2 fully saturated rings. The summed E-state index contributed by atoms with van der Waals surface area (Å²) in [5.74, 6) is 1.09. The number of likely N-dealkylation sites (tertiary alicyclic amines) is 2. The molecule has 1 N–H and O–H groups in total. The van der Waals surface area contributed by atoms with Crippen LogP contribution in [0.2, 0.25) is 0 Å². The molecule has 0 bridgehead atoms. The first-order valence-electron chi connectivity index (χ1n) is 8.25. The van der Waals surface area contributed by atoms with E-state index in [0.29, 0.717) is 11.5 Å². The molecule has 2 saturated heterocycles. The highest BCUT2D eigenvalue weighted by Gasteiger charge is 2.31. The van der Waals surface area contributed by atoms with Crippen molar-refractivity contribution < 1.29 is 0 Å². The lowest BCUT2D eigenvalue weighted by Gasteiger charge is -2.29. The van der Waals surface area contributed by atoms with Crippen LogP contribution >= 0.6 is 24.0 Å². The van der Waals surface area contributed by atoms with Crippen LogP contribution in [0.25, 0.3) is 0 Å². The number of guanidine groups is 1.